The van der Waals surface area contributed by atoms with Crippen molar-refractivity contribution in [2.24, 2.45) is 0 Å². The predicted molar refractivity (Wildman–Crippen MR) is 67.3 cm³/mol. The number of aromatic nitrogens is 1. The van der Waals surface area contributed by atoms with Crippen molar-refractivity contribution >= 4 is 28.5 Å². The molecule has 18 heavy (non-hydrogen) atoms. The third kappa shape index (κ3) is 2.41. The fraction of sp³-hybridized carbons (Fsp3) is 0.333. The molecular weight excluding hydrogens is 258 g/mol. The normalized spacial score (nSPS) is 10.8. The van der Waals surface area contributed by atoms with Gasteiger partial charge in [-0.15, -0.1) is 16.3 Å². The molecule has 2 rings (SSSR count). The summed E-state index contributed by atoms with van der Waals surface area (Å²) in [7, 11) is 0. The first-order valence-corrected chi connectivity index (χ1v) is 6.02. The summed E-state index contributed by atoms with van der Waals surface area (Å²) < 4.78 is 6.09. The van der Waals surface area contributed by atoms with Crippen LogP contribution in [-0.4, -0.2) is 23.0 Å². The number of Topliss-reactive ketones (excluding diaryl/α,β-unsaturated/α-hetero) is 1. The minimum Gasteiger partial charge on any atom is -0.408 e. The average molecular weight is 270 g/mol. The van der Waals surface area contributed by atoms with Crippen LogP contribution < -0.4 is 10.6 Å². The summed E-state index contributed by atoms with van der Waals surface area (Å²) in [5, 5.41) is 0. The number of nitrogens with zero attached hydrogens (tertiary/aromatic N) is 1. The van der Waals surface area contributed by atoms with E-state index in [4.69, 9.17) is 20.9 Å². The molecular formula is C12H12ClNO4. The van der Waals surface area contributed by atoms with E-state index < -0.39 is 5.76 Å². The predicted octanol–water partition coefficient (Wildman–Crippen LogP) is 1.85. The Bertz CT molecular complexity index is 629. The second-order valence-corrected chi connectivity index (χ2v) is 4.15. The number of benzene rings is 1. The van der Waals surface area contributed by atoms with Gasteiger partial charge in [-0.25, -0.2) is 4.79 Å². The average Bonchev–Trinajstić information content (AvgIpc) is 2.65. The van der Waals surface area contributed by atoms with E-state index >= 15 is 0 Å². The third-order valence-electron chi connectivity index (χ3n) is 2.45. The minimum absolute atomic E-state index is 0.0876. The van der Waals surface area contributed by atoms with Gasteiger partial charge in [0.2, 0.25) is 0 Å². The van der Waals surface area contributed by atoms with Gasteiger partial charge in [-0.1, -0.05) is 0 Å². The summed E-state index contributed by atoms with van der Waals surface area (Å²) in [6.07, 6.45) is 0.631. The molecule has 0 aliphatic heterocycles. The maximum absolute atomic E-state index is 11.6. The molecule has 0 unspecified atom stereocenters. The van der Waals surface area contributed by atoms with E-state index in [0.717, 1.165) is 4.73 Å². The number of alkyl halides is 1. The first-order chi connectivity index (χ1) is 8.63. The Balaban J connectivity index is 2.39. The Morgan fingerprint density at radius 1 is 1.50 bits per heavy atom. The van der Waals surface area contributed by atoms with E-state index in [9.17, 15) is 9.59 Å². The van der Waals surface area contributed by atoms with Crippen molar-refractivity contribution in [3.8, 4) is 0 Å². The molecule has 0 aliphatic carbocycles. The SMILES string of the molecule is CC(=O)c1ccc2c(c1)oc(=O)n2OCCCCl. The van der Waals surface area contributed by atoms with Gasteiger partial charge in [-0.3, -0.25) is 4.79 Å². The molecule has 1 aromatic carbocycles. The maximum atomic E-state index is 11.6. The fourth-order valence-electron chi connectivity index (χ4n) is 1.55. The van der Waals surface area contributed by atoms with Crippen LogP contribution in [0.5, 0.6) is 0 Å². The zero-order valence-corrected chi connectivity index (χ0v) is 10.6. The van der Waals surface area contributed by atoms with E-state index in [-0.39, 0.29) is 5.78 Å². The molecule has 6 heteroatoms. The van der Waals surface area contributed by atoms with Gasteiger partial charge in [0.1, 0.15) is 12.1 Å². The molecule has 0 bridgehead atoms. The lowest BCUT2D eigenvalue weighted by Crippen LogP contribution is -2.23. The number of halogens is 1. The van der Waals surface area contributed by atoms with Crippen LogP contribution in [0.2, 0.25) is 0 Å². The summed E-state index contributed by atoms with van der Waals surface area (Å²) in [5.41, 5.74) is 1.32. The summed E-state index contributed by atoms with van der Waals surface area (Å²) in [6, 6.07) is 4.78. The molecule has 0 radical (unpaired) electrons. The van der Waals surface area contributed by atoms with E-state index in [0.29, 0.717) is 35.6 Å². The first-order valence-electron chi connectivity index (χ1n) is 5.49. The Morgan fingerprint density at radius 2 is 2.28 bits per heavy atom. The van der Waals surface area contributed by atoms with Crippen LogP contribution in [0.1, 0.15) is 23.7 Å². The highest BCUT2D eigenvalue weighted by molar-refractivity contribution is 6.17. The molecule has 0 atom stereocenters. The van der Waals surface area contributed by atoms with Crippen LogP contribution in [0.4, 0.5) is 0 Å². The number of carbonyl (C=O) groups excluding carboxylic acids is 1. The second-order valence-electron chi connectivity index (χ2n) is 3.78. The van der Waals surface area contributed by atoms with Gasteiger partial charge in [0.25, 0.3) is 0 Å². The summed E-state index contributed by atoms with van der Waals surface area (Å²) >= 11 is 5.53. The highest BCUT2D eigenvalue weighted by Crippen LogP contribution is 2.14. The molecule has 0 aliphatic rings. The zero-order chi connectivity index (χ0) is 13.1. The number of ketones is 1. The molecule has 96 valence electrons. The molecule has 2 aromatic rings. The Morgan fingerprint density at radius 3 is 2.94 bits per heavy atom. The summed E-state index contributed by atoms with van der Waals surface area (Å²) in [4.78, 5) is 28.1. The molecule has 0 spiro atoms. The fourth-order valence-corrected chi connectivity index (χ4v) is 1.66. The number of hydrogen-bond donors (Lipinski definition) is 0. The van der Waals surface area contributed by atoms with Gasteiger partial charge >= 0.3 is 5.76 Å². The second kappa shape index (κ2) is 5.27. The first kappa shape index (κ1) is 12.7. The van der Waals surface area contributed by atoms with E-state index in [1.807, 2.05) is 0 Å². The van der Waals surface area contributed by atoms with Crippen LogP contribution in [0.25, 0.3) is 11.1 Å². The molecule has 0 N–H and O–H groups in total. The summed E-state index contributed by atoms with van der Waals surface area (Å²) in [5.74, 6) is -0.241. The van der Waals surface area contributed by atoms with Crippen LogP contribution in [0.3, 0.4) is 0 Å². The molecule has 1 aromatic heterocycles. The number of oxazole rings is 1. The number of hydrogen-bond acceptors (Lipinski definition) is 4. The Labute approximate surface area is 108 Å². The van der Waals surface area contributed by atoms with Crippen LogP contribution in [0.15, 0.2) is 27.4 Å². The van der Waals surface area contributed by atoms with E-state index in [1.165, 1.54) is 13.0 Å². The lowest BCUT2D eigenvalue weighted by Gasteiger charge is -2.03. The van der Waals surface area contributed by atoms with Gasteiger partial charge in [-0.05, 0) is 31.5 Å². The van der Waals surface area contributed by atoms with Gasteiger partial charge in [0.15, 0.2) is 11.4 Å². The van der Waals surface area contributed by atoms with Crippen LogP contribution in [0, 0.1) is 0 Å². The lowest BCUT2D eigenvalue weighted by atomic mass is 10.1. The molecule has 0 fully saturated rings. The standard InChI is InChI=1S/C12H12ClNO4/c1-8(15)9-3-4-10-11(7-9)18-12(16)14(10)17-6-2-5-13/h3-4,7H,2,5-6H2,1H3. The van der Waals surface area contributed by atoms with Gasteiger partial charge < -0.3 is 9.25 Å². The molecule has 0 saturated heterocycles. The monoisotopic (exact) mass is 269 g/mol. The number of fused-ring (bicyclic) bond motifs is 1. The Kier molecular flexibility index (Phi) is 3.72. The third-order valence-corrected chi connectivity index (χ3v) is 2.71. The minimum atomic E-state index is -0.611. The number of carbonyl (C=O) groups is 1. The van der Waals surface area contributed by atoms with Crippen molar-refractivity contribution in [3.05, 3.63) is 34.3 Å². The molecule has 5 nitrogen and oxygen atoms in total. The van der Waals surface area contributed by atoms with Crippen molar-refractivity contribution in [1.29, 1.82) is 0 Å². The quantitative estimate of drug-likeness (QED) is 0.472. The molecule has 1 heterocycles. The van der Waals surface area contributed by atoms with Crippen LogP contribution in [-0.2, 0) is 0 Å². The van der Waals surface area contributed by atoms with Crippen molar-refractivity contribution in [2.45, 2.75) is 13.3 Å². The van der Waals surface area contributed by atoms with Crippen molar-refractivity contribution in [3.63, 3.8) is 0 Å². The highest BCUT2D eigenvalue weighted by atomic mass is 35.5. The van der Waals surface area contributed by atoms with E-state index in [1.54, 1.807) is 12.1 Å². The number of rotatable bonds is 5. The van der Waals surface area contributed by atoms with Gasteiger partial charge in [-0.2, -0.15) is 0 Å². The smallest absolute Gasteiger partial charge is 0.408 e. The summed E-state index contributed by atoms with van der Waals surface area (Å²) in [6.45, 7) is 1.78. The van der Waals surface area contributed by atoms with Crippen molar-refractivity contribution in [1.82, 2.24) is 4.73 Å². The zero-order valence-electron chi connectivity index (χ0n) is 9.81. The molecule has 0 amide bonds. The molecule has 0 saturated carbocycles. The van der Waals surface area contributed by atoms with Crippen molar-refractivity contribution in [2.75, 3.05) is 12.5 Å². The van der Waals surface area contributed by atoms with Gasteiger partial charge in [0.05, 0.1) is 0 Å². The highest BCUT2D eigenvalue weighted by Gasteiger charge is 2.11. The van der Waals surface area contributed by atoms with Crippen molar-refractivity contribution < 1.29 is 14.0 Å². The largest absolute Gasteiger partial charge is 0.453 e. The van der Waals surface area contributed by atoms with Crippen LogP contribution >= 0.6 is 11.6 Å². The van der Waals surface area contributed by atoms with Gasteiger partial charge in [0, 0.05) is 11.4 Å². The maximum Gasteiger partial charge on any atom is 0.453 e. The topological polar surface area (TPSA) is 61.4 Å². The Hall–Kier alpha value is -1.75. The van der Waals surface area contributed by atoms with E-state index in [2.05, 4.69) is 0 Å². The lowest BCUT2D eigenvalue weighted by molar-refractivity contribution is 0.101.